The Bertz CT molecular complexity index is 912. The average molecular weight is 527 g/mol. The molecule has 5 aliphatic rings. The fraction of sp³-hybridized carbons (Fsp3) is 0.926. The summed E-state index contributed by atoms with van der Waals surface area (Å²) < 4.78 is 11.4. The lowest BCUT2D eigenvalue weighted by Gasteiger charge is -2.61. The third kappa shape index (κ3) is 4.01. The summed E-state index contributed by atoms with van der Waals surface area (Å²) >= 11 is 0. The van der Waals surface area contributed by atoms with Crippen LogP contribution in [0.15, 0.2) is 0 Å². The molecule has 0 spiro atoms. The van der Waals surface area contributed by atoms with Crippen LogP contribution in [0.25, 0.3) is 0 Å². The molecule has 0 bridgehead atoms. The fourth-order valence-electron chi connectivity index (χ4n) is 9.30. The van der Waals surface area contributed by atoms with Crippen molar-refractivity contribution in [3.63, 3.8) is 0 Å². The first kappa shape index (κ1) is 27.4. The number of carboxylic acids is 1. The van der Waals surface area contributed by atoms with Gasteiger partial charge in [-0.15, -0.1) is 0 Å². The van der Waals surface area contributed by atoms with Crippen molar-refractivity contribution in [2.45, 2.75) is 114 Å². The van der Waals surface area contributed by atoms with E-state index in [1.165, 1.54) is 0 Å². The predicted molar refractivity (Wildman–Crippen MR) is 128 cm³/mol. The number of aliphatic hydroxyl groups is 5. The molecule has 210 valence electrons. The Morgan fingerprint density at radius 3 is 2.30 bits per heavy atom. The number of aliphatic hydroxyl groups excluding tert-OH is 4. The SMILES string of the molecule is C[C@]12CC[C@@H](O[C@@H]3O[C@H](C(=O)O)[C@@H](O)[C@H](O)[C@H]3O)C[C@H]1CC[C@@H]1[C@@H]2CC[C@@]2(C)[C@H]1CC[C@]2(O)C(=O)CO. The molecule has 37 heavy (non-hydrogen) atoms. The largest absolute Gasteiger partial charge is 0.479 e. The number of hydrogen-bond acceptors (Lipinski definition) is 9. The predicted octanol–water partition coefficient (Wildman–Crippen LogP) is 0.599. The number of Topliss-reactive ketones (excluding diaryl/α,β-unsaturated/α-hetero) is 1. The molecule has 6 N–H and O–H groups in total. The molecule has 5 fully saturated rings. The summed E-state index contributed by atoms with van der Waals surface area (Å²) in [5.74, 6) is -0.405. The number of aliphatic carboxylic acids is 1. The van der Waals surface area contributed by atoms with E-state index in [1.807, 2.05) is 6.92 Å². The maximum absolute atomic E-state index is 12.6. The van der Waals surface area contributed by atoms with Crippen molar-refractivity contribution in [3.05, 3.63) is 0 Å². The minimum Gasteiger partial charge on any atom is -0.479 e. The summed E-state index contributed by atoms with van der Waals surface area (Å²) in [7, 11) is 0. The highest BCUT2D eigenvalue weighted by Gasteiger charge is 2.66. The van der Waals surface area contributed by atoms with Gasteiger partial charge in [-0.2, -0.15) is 0 Å². The molecule has 0 aromatic heterocycles. The lowest BCUT2D eigenvalue weighted by molar-refractivity contribution is -0.309. The number of ketones is 1. The zero-order chi connectivity index (χ0) is 26.9. The summed E-state index contributed by atoms with van der Waals surface area (Å²) in [6.07, 6.45) is -1.06. The molecule has 1 aliphatic heterocycles. The number of rotatable bonds is 5. The van der Waals surface area contributed by atoms with E-state index in [1.54, 1.807) is 0 Å². The van der Waals surface area contributed by atoms with E-state index in [0.29, 0.717) is 30.6 Å². The zero-order valence-electron chi connectivity index (χ0n) is 21.7. The molecule has 10 heteroatoms. The molecule has 1 saturated heterocycles. The van der Waals surface area contributed by atoms with Crippen LogP contribution < -0.4 is 0 Å². The van der Waals surface area contributed by atoms with Crippen molar-refractivity contribution in [1.29, 1.82) is 0 Å². The molecule has 4 saturated carbocycles. The minimum atomic E-state index is -1.74. The summed E-state index contributed by atoms with van der Waals surface area (Å²) in [5, 5.41) is 60.7. The Labute approximate surface area is 217 Å². The maximum Gasteiger partial charge on any atom is 0.335 e. The molecule has 13 atom stereocenters. The fourth-order valence-corrected chi connectivity index (χ4v) is 9.30. The van der Waals surface area contributed by atoms with Crippen LogP contribution in [0, 0.1) is 34.5 Å². The van der Waals surface area contributed by atoms with Gasteiger partial charge in [-0.3, -0.25) is 4.79 Å². The van der Waals surface area contributed by atoms with Gasteiger partial charge in [0.25, 0.3) is 0 Å². The van der Waals surface area contributed by atoms with E-state index in [0.717, 1.165) is 44.9 Å². The second kappa shape index (κ2) is 9.50. The lowest BCUT2D eigenvalue weighted by Crippen LogP contribution is -2.61. The van der Waals surface area contributed by atoms with Gasteiger partial charge in [0.2, 0.25) is 0 Å². The first-order chi connectivity index (χ1) is 17.4. The molecule has 0 amide bonds. The Morgan fingerprint density at radius 1 is 0.919 bits per heavy atom. The Morgan fingerprint density at radius 2 is 1.62 bits per heavy atom. The van der Waals surface area contributed by atoms with E-state index < -0.39 is 60.1 Å². The Hall–Kier alpha value is -1.14. The van der Waals surface area contributed by atoms with Gasteiger partial charge in [0.15, 0.2) is 18.2 Å². The number of hydrogen-bond donors (Lipinski definition) is 6. The first-order valence-corrected chi connectivity index (χ1v) is 13.8. The molecule has 0 unspecified atom stereocenters. The molecule has 5 rings (SSSR count). The highest BCUT2D eigenvalue weighted by atomic mass is 16.7. The molecule has 10 nitrogen and oxygen atoms in total. The average Bonchev–Trinajstić information content (AvgIpc) is 3.15. The Kier molecular flexibility index (Phi) is 7.04. The van der Waals surface area contributed by atoms with E-state index in [9.17, 15) is 40.2 Å². The molecule has 0 aromatic rings. The van der Waals surface area contributed by atoms with Gasteiger partial charge >= 0.3 is 5.97 Å². The van der Waals surface area contributed by atoms with Crippen molar-refractivity contribution in [1.82, 2.24) is 0 Å². The highest BCUT2D eigenvalue weighted by Crippen LogP contribution is 2.68. The summed E-state index contributed by atoms with van der Waals surface area (Å²) in [6, 6.07) is 0. The van der Waals surface area contributed by atoms with Gasteiger partial charge in [0.05, 0.1) is 6.10 Å². The summed E-state index contributed by atoms with van der Waals surface area (Å²) in [6.45, 7) is 3.76. The smallest absolute Gasteiger partial charge is 0.335 e. The monoisotopic (exact) mass is 526 g/mol. The van der Waals surface area contributed by atoms with Crippen molar-refractivity contribution < 1.29 is 49.7 Å². The number of carbonyl (C=O) groups is 2. The minimum absolute atomic E-state index is 0.0666. The summed E-state index contributed by atoms with van der Waals surface area (Å²) in [4.78, 5) is 24.0. The molecule has 0 radical (unpaired) electrons. The third-order valence-electron chi connectivity index (χ3n) is 11.5. The normalized spacial score (nSPS) is 53.6. The van der Waals surface area contributed by atoms with Gasteiger partial charge in [-0.25, -0.2) is 4.79 Å². The third-order valence-corrected chi connectivity index (χ3v) is 11.5. The molecular weight excluding hydrogens is 484 g/mol. The van der Waals surface area contributed by atoms with Crippen LogP contribution in [0.5, 0.6) is 0 Å². The van der Waals surface area contributed by atoms with Gasteiger partial charge in [0, 0.05) is 5.41 Å². The van der Waals surface area contributed by atoms with Crippen LogP contribution in [0.4, 0.5) is 0 Å². The molecular formula is C27H42O10. The van der Waals surface area contributed by atoms with Crippen LogP contribution in [0.2, 0.25) is 0 Å². The Balaban J connectivity index is 1.27. The van der Waals surface area contributed by atoms with Gasteiger partial charge in [0.1, 0.15) is 30.5 Å². The van der Waals surface area contributed by atoms with Crippen molar-refractivity contribution in [2.75, 3.05) is 6.61 Å². The van der Waals surface area contributed by atoms with E-state index in [-0.39, 0.29) is 17.4 Å². The molecule has 1 heterocycles. The van der Waals surface area contributed by atoms with Crippen LogP contribution in [0.1, 0.15) is 71.6 Å². The molecule has 4 aliphatic carbocycles. The topological polar surface area (TPSA) is 174 Å². The van der Waals surface area contributed by atoms with Gasteiger partial charge < -0.3 is 40.1 Å². The number of carbonyl (C=O) groups excluding carboxylic acids is 1. The highest BCUT2D eigenvalue weighted by molar-refractivity contribution is 5.89. The van der Waals surface area contributed by atoms with Crippen LogP contribution in [0.3, 0.4) is 0 Å². The maximum atomic E-state index is 12.6. The van der Waals surface area contributed by atoms with Crippen LogP contribution in [-0.2, 0) is 19.1 Å². The van der Waals surface area contributed by atoms with Crippen molar-refractivity contribution >= 4 is 11.8 Å². The number of carboxylic acid groups (broad SMARTS) is 1. The number of ether oxygens (including phenoxy) is 2. The lowest BCUT2D eigenvalue weighted by atomic mass is 9.44. The van der Waals surface area contributed by atoms with E-state index in [4.69, 9.17) is 9.47 Å². The quantitative estimate of drug-likeness (QED) is 0.278. The van der Waals surface area contributed by atoms with Crippen molar-refractivity contribution in [3.8, 4) is 0 Å². The second-order valence-electron chi connectivity index (χ2n) is 12.9. The van der Waals surface area contributed by atoms with Crippen LogP contribution in [-0.4, -0.2) is 91.4 Å². The summed E-state index contributed by atoms with van der Waals surface area (Å²) in [5.41, 5.74) is -1.90. The molecule has 0 aromatic carbocycles. The van der Waals surface area contributed by atoms with Gasteiger partial charge in [-0.1, -0.05) is 13.8 Å². The zero-order valence-corrected chi connectivity index (χ0v) is 21.7. The van der Waals surface area contributed by atoms with E-state index >= 15 is 0 Å². The van der Waals surface area contributed by atoms with Crippen LogP contribution >= 0.6 is 0 Å². The second-order valence-corrected chi connectivity index (χ2v) is 12.9. The van der Waals surface area contributed by atoms with Crippen molar-refractivity contribution in [2.24, 2.45) is 34.5 Å². The first-order valence-electron chi connectivity index (χ1n) is 13.8. The number of fused-ring (bicyclic) bond motifs is 5. The van der Waals surface area contributed by atoms with E-state index in [2.05, 4.69) is 6.92 Å². The standard InChI is InChI=1S/C27H42O10/c1-25-8-5-14(36-24-21(32)19(30)20(31)22(37-24)23(33)34)11-13(25)3-4-15-16(25)6-9-26(2)17(15)7-10-27(26,35)18(29)12-28/h13-17,19-22,24,28,30-32,35H,3-12H2,1-2H3,(H,33,34)/t13-,14-,15-,16+,17+,19+,20+,21-,22+,24-,25+,26+,27+/m1/s1. The van der Waals surface area contributed by atoms with Gasteiger partial charge in [-0.05, 0) is 86.9 Å².